The zero-order valence-electron chi connectivity index (χ0n) is 12.3. The van der Waals surface area contributed by atoms with Gasteiger partial charge in [0.1, 0.15) is 0 Å². The highest BCUT2D eigenvalue weighted by Crippen LogP contribution is 2.24. The Morgan fingerprint density at radius 1 is 1.44 bits per heavy atom. The van der Waals surface area contributed by atoms with Gasteiger partial charge in [0.2, 0.25) is 0 Å². The normalized spacial score (nSPS) is 14.2. The third-order valence-corrected chi connectivity index (χ3v) is 3.27. The van der Waals surface area contributed by atoms with Gasteiger partial charge in [-0.05, 0) is 26.7 Å². The highest BCUT2D eigenvalue weighted by atomic mass is 16.5. The minimum Gasteiger partial charge on any atom is -0.374 e. The zero-order chi connectivity index (χ0) is 13.8. The largest absolute Gasteiger partial charge is 0.374 e. The molecular formula is C14H27N3O. The molecule has 104 valence electrons. The molecule has 0 aliphatic carbocycles. The molecule has 0 saturated heterocycles. The Morgan fingerprint density at radius 3 is 2.61 bits per heavy atom. The first-order valence-electron chi connectivity index (χ1n) is 6.75. The second-order valence-electron chi connectivity index (χ2n) is 5.73. The van der Waals surface area contributed by atoms with Crippen LogP contribution >= 0.6 is 0 Å². The number of imidazole rings is 1. The van der Waals surface area contributed by atoms with Gasteiger partial charge >= 0.3 is 0 Å². The molecule has 18 heavy (non-hydrogen) atoms. The molecule has 1 aromatic rings. The smallest absolute Gasteiger partial charge is 0.0949 e. The predicted octanol–water partition coefficient (Wildman–Crippen LogP) is 2.40. The molecule has 0 aliphatic heterocycles. The monoisotopic (exact) mass is 253 g/mol. The minimum atomic E-state index is -0.180. The van der Waals surface area contributed by atoms with E-state index in [1.54, 1.807) is 0 Å². The van der Waals surface area contributed by atoms with Gasteiger partial charge < -0.3 is 15.0 Å². The van der Waals surface area contributed by atoms with Crippen LogP contribution in [-0.2, 0) is 11.3 Å². The van der Waals surface area contributed by atoms with Gasteiger partial charge in [-0.1, -0.05) is 13.8 Å². The van der Waals surface area contributed by atoms with Crippen molar-refractivity contribution in [3.05, 3.63) is 18.2 Å². The number of nitrogens with zero attached hydrogens (tertiary/aromatic N) is 2. The van der Waals surface area contributed by atoms with Gasteiger partial charge in [0, 0.05) is 31.0 Å². The molecule has 1 unspecified atom stereocenters. The summed E-state index contributed by atoms with van der Waals surface area (Å²) in [5, 5.41) is 0. The quantitative estimate of drug-likeness (QED) is 0.812. The Balaban J connectivity index is 2.88. The highest BCUT2D eigenvalue weighted by molar-refractivity contribution is 5.08. The molecule has 1 atom stereocenters. The average molecular weight is 253 g/mol. The fraction of sp³-hybridized carbons (Fsp3) is 0.786. The number of ether oxygens (including phenoxy) is 1. The molecule has 4 nitrogen and oxygen atoms in total. The summed E-state index contributed by atoms with van der Waals surface area (Å²) in [4.78, 5) is 4.27. The molecule has 1 aromatic heterocycles. The SMILES string of the molecule is CCOC(C)(C)Cn1cncc1C(CN)C(C)C. The zero-order valence-corrected chi connectivity index (χ0v) is 12.3. The maximum absolute atomic E-state index is 5.88. The van der Waals surface area contributed by atoms with Crippen LogP contribution in [0.5, 0.6) is 0 Å². The Labute approximate surface area is 111 Å². The molecule has 0 saturated carbocycles. The first-order valence-corrected chi connectivity index (χ1v) is 6.75. The van der Waals surface area contributed by atoms with Crippen LogP contribution in [0.2, 0.25) is 0 Å². The molecule has 1 heterocycles. The van der Waals surface area contributed by atoms with Crippen molar-refractivity contribution in [1.29, 1.82) is 0 Å². The van der Waals surface area contributed by atoms with Gasteiger partial charge in [0.05, 0.1) is 18.5 Å². The highest BCUT2D eigenvalue weighted by Gasteiger charge is 2.23. The molecule has 4 heteroatoms. The lowest BCUT2D eigenvalue weighted by Gasteiger charge is -2.28. The Bertz CT molecular complexity index is 358. The van der Waals surface area contributed by atoms with Gasteiger partial charge in [0.15, 0.2) is 0 Å². The lowest BCUT2D eigenvalue weighted by Crippen LogP contribution is -2.32. The molecule has 0 fully saturated rings. The first kappa shape index (κ1) is 15.2. The number of aromatic nitrogens is 2. The Morgan fingerprint density at radius 2 is 2.11 bits per heavy atom. The second-order valence-corrected chi connectivity index (χ2v) is 5.73. The topological polar surface area (TPSA) is 53.1 Å². The van der Waals surface area contributed by atoms with E-state index in [1.807, 2.05) is 19.4 Å². The third kappa shape index (κ3) is 3.82. The lowest BCUT2D eigenvalue weighted by atomic mass is 9.92. The summed E-state index contributed by atoms with van der Waals surface area (Å²) in [5.41, 5.74) is 6.91. The summed E-state index contributed by atoms with van der Waals surface area (Å²) in [5.74, 6) is 0.866. The summed E-state index contributed by atoms with van der Waals surface area (Å²) in [7, 11) is 0. The van der Waals surface area contributed by atoms with E-state index in [1.165, 1.54) is 5.69 Å². The summed E-state index contributed by atoms with van der Waals surface area (Å²) in [6, 6.07) is 0. The predicted molar refractivity (Wildman–Crippen MR) is 74.6 cm³/mol. The number of nitrogens with two attached hydrogens (primary N) is 1. The molecule has 0 spiro atoms. The van der Waals surface area contributed by atoms with Crippen molar-refractivity contribution in [2.75, 3.05) is 13.2 Å². The number of hydrogen-bond donors (Lipinski definition) is 1. The maximum Gasteiger partial charge on any atom is 0.0949 e. The molecule has 0 amide bonds. The van der Waals surface area contributed by atoms with Crippen molar-refractivity contribution < 1.29 is 4.74 Å². The van der Waals surface area contributed by atoms with E-state index in [9.17, 15) is 0 Å². The van der Waals surface area contributed by atoms with Crippen LogP contribution in [0.15, 0.2) is 12.5 Å². The fourth-order valence-corrected chi connectivity index (χ4v) is 2.35. The molecule has 0 bridgehead atoms. The maximum atomic E-state index is 5.88. The molecule has 1 rings (SSSR count). The summed E-state index contributed by atoms with van der Waals surface area (Å²) in [6.07, 6.45) is 3.81. The van der Waals surface area contributed by atoms with Crippen LogP contribution < -0.4 is 5.73 Å². The van der Waals surface area contributed by atoms with Crippen LogP contribution in [-0.4, -0.2) is 28.3 Å². The van der Waals surface area contributed by atoms with Crippen LogP contribution in [0.1, 0.15) is 46.2 Å². The second kappa shape index (κ2) is 6.34. The van der Waals surface area contributed by atoms with Gasteiger partial charge in [-0.3, -0.25) is 0 Å². The number of rotatable bonds is 7. The molecular weight excluding hydrogens is 226 g/mol. The summed E-state index contributed by atoms with van der Waals surface area (Å²) < 4.78 is 7.93. The van der Waals surface area contributed by atoms with E-state index in [0.29, 0.717) is 18.4 Å². The van der Waals surface area contributed by atoms with Gasteiger partial charge in [0.25, 0.3) is 0 Å². The van der Waals surface area contributed by atoms with E-state index in [-0.39, 0.29) is 5.60 Å². The van der Waals surface area contributed by atoms with Crippen molar-refractivity contribution in [1.82, 2.24) is 9.55 Å². The van der Waals surface area contributed by atoms with Crippen molar-refractivity contribution in [3.8, 4) is 0 Å². The van der Waals surface area contributed by atoms with Gasteiger partial charge in [-0.25, -0.2) is 4.98 Å². The number of hydrogen-bond acceptors (Lipinski definition) is 3. The van der Waals surface area contributed by atoms with Crippen molar-refractivity contribution >= 4 is 0 Å². The first-order chi connectivity index (χ1) is 8.41. The lowest BCUT2D eigenvalue weighted by molar-refractivity contribution is -0.0231. The van der Waals surface area contributed by atoms with Crippen molar-refractivity contribution in [3.63, 3.8) is 0 Å². The molecule has 0 radical (unpaired) electrons. The van der Waals surface area contributed by atoms with Crippen molar-refractivity contribution in [2.24, 2.45) is 11.7 Å². The summed E-state index contributed by atoms with van der Waals surface area (Å²) in [6.45, 7) is 12.8. The Kier molecular flexibility index (Phi) is 5.35. The van der Waals surface area contributed by atoms with E-state index in [0.717, 1.165) is 13.2 Å². The van der Waals surface area contributed by atoms with Gasteiger partial charge in [-0.2, -0.15) is 0 Å². The van der Waals surface area contributed by atoms with E-state index in [2.05, 4.69) is 37.2 Å². The fourth-order valence-electron chi connectivity index (χ4n) is 2.35. The standard InChI is InChI=1S/C14H27N3O/c1-6-18-14(4,5)9-17-10-16-8-13(17)12(7-15)11(2)3/h8,10-12H,6-7,9,15H2,1-5H3. The van der Waals surface area contributed by atoms with E-state index in [4.69, 9.17) is 10.5 Å². The Hall–Kier alpha value is -0.870. The third-order valence-electron chi connectivity index (χ3n) is 3.27. The average Bonchev–Trinajstić information content (AvgIpc) is 2.66. The van der Waals surface area contributed by atoms with E-state index >= 15 is 0 Å². The summed E-state index contributed by atoms with van der Waals surface area (Å²) >= 11 is 0. The van der Waals surface area contributed by atoms with Crippen LogP contribution in [0, 0.1) is 5.92 Å². The van der Waals surface area contributed by atoms with Crippen LogP contribution in [0.25, 0.3) is 0 Å². The van der Waals surface area contributed by atoms with Crippen LogP contribution in [0.4, 0.5) is 0 Å². The van der Waals surface area contributed by atoms with Gasteiger partial charge in [-0.15, -0.1) is 0 Å². The molecule has 2 N–H and O–H groups in total. The minimum absolute atomic E-state index is 0.180. The molecule has 0 aliphatic rings. The van der Waals surface area contributed by atoms with E-state index < -0.39 is 0 Å². The van der Waals surface area contributed by atoms with Crippen molar-refractivity contribution in [2.45, 2.75) is 52.7 Å². The van der Waals surface area contributed by atoms with Crippen LogP contribution in [0.3, 0.4) is 0 Å². The molecule has 0 aromatic carbocycles.